The molecule has 0 N–H and O–H groups in total. The van der Waals surface area contributed by atoms with Gasteiger partial charge in [-0.15, -0.1) is 0 Å². The third kappa shape index (κ3) is 1.54. The van der Waals surface area contributed by atoms with Crippen molar-refractivity contribution in [3.8, 4) is 0 Å². The molecule has 0 spiro atoms. The van der Waals surface area contributed by atoms with E-state index in [0.29, 0.717) is 0 Å². The molecule has 1 aliphatic heterocycles. The molecule has 2 nitrogen and oxygen atoms in total. The Morgan fingerprint density at radius 1 is 1.44 bits per heavy atom. The maximum Gasteiger partial charge on any atom is 0.246 e. The van der Waals surface area contributed by atoms with Gasteiger partial charge < -0.3 is 4.90 Å². The summed E-state index contributed by atoms with van der Waals surface area (Å²) in [6.07, 6.45) is 2.33. The summed E-state index contributed by atoms with van der Waals surface area (Å²) >= 11 is 0. The summed E-state index contributed by atoms with van der Waals surface area (Å²) in [6.45, 7) is 8.52. The number of amides is 1. The number of nitrogens with zero attached hydrogens (tertiary/aromatic N) is 1. The smallest absolute Gasteiger partial charge is 0.246 e. The highest BCUT2D eigenvalue weighted by Crippen LogP contribution is 2.34. The second kappa shape index (κ2) is 3.78. The zero-order chi connectivity index (χ0) is 11.8. The van der Waals surface area contributed by atoms with Crippen LogP contribution >= 0.6 is 0 Å². The van der Waals surface area contributed by atoms with Gasteiger partial charge in [-0.05, 0) is 37.5 Å². The van der Waals surface area contributed by atoms with Crippen LogP contribution in [0.25, 0.3) is 0 Å². The number of hydrogen-bond donors (Lipinski definition) is 0. The van der Waals surface area contributed by atoms with Crippen LogP contribution in [0, 0.1) is 0 Å². The van der Waals surface area contributed by atoms with Gasteiger partial charge in [0.15, 0.2) is 0 Å². The van der Waals surface area contributed by atoms with E-state index in [-0.39, 0.29) is 11.4 Å². The summed E-state index contributed by atoms with van der Waals surface area (Å²) in [5.74, 6) is 0.0134. The van der Waals surface area contributed by atoms with Gasteiger partial charge in [0.2, 0.25) is 5.91 Å². The predicted molar refractivity (Wildman–Crippen MR) is 65.1 cm³/mol. The van der Waals surface area contributed by atoms with Crippen molar-refractivity contribution in [2.75, 3.05) is 6.54 Å². The van der Waals surface area contributed by atoms with E-state index in [1.54, 1.807) is 0 Å². The summed E-state index contributed by atoms with van der Waals surface area (Å²) in [6, 6.07) is 8.34. The Morgan fingerprint density at radius 3 is 2.81 bits per heavy atom. The monoisotopic (exact) mass is 215 g/mol. The zero-order valence-electron chi connectivity index (χ0n) is 9.86. The van der Waals surface area contributed by atoms with Crippen LogP contribution in [0.3, 0.4) is 0 Å². The van der Waals surface area contributed by atoms with E-state index in [9.17, 15) is 4.79 Å². The number of benzene rings is 1. The second-order valence-corrected chi connectivity index (χ2v) is 4.66. The van der Waals surface area contributed by atoms with E-state index in [2.05, 4.69) is 38.6 Å². The van der Waals surface area contributed by atoms with Crippen molar-refractivity contribution in [3.05, 3.63) is 48.0 Å². The Kier molecular flexibility index (Phi) is 2.58. The predicted octanol–water partition coefficient (Wildman–Crippen LogP) is 2.49. The Morgan fingerprint density at radius 2 is 2.12 bits per heavy atom. The molecule has 0 saturated heterocycles. The quantitative estimate of drug-likeness (QED) is 0.659. The lowest BCUT2D eigenvalue weighted by molar-refractivity contribution is -0.132. The van der Waals surface area contributed by atoms with E-state index < -0.39 is 0 Å². The minimum Gasteiger partial charge on any atom is -0.330 e. The van der Waals surface area contributed by atoms with Crippen LogP contribution in [0.2, 0.25) is 0 Å². The summed E-state index contributed by atoms with van der Waals surface area (Å²) in [4.78, 5) is 13.7. The van der Waals surface area contributed by atoms with Crippen molar-refractivity contribution >= 4 is 5.91 Å². The SMILES string of the molecule is C=CC(=O)N1CCc2ccccc2C1(C)C. The molecule has 0 aromatic heterocycles. The molecule has 1 amide bonds. The van der Waals surface area contributed by atoms with E-state index in [1.807, 2.05) is 11.0 Å². The molecule has 0 atom stereocenters. The van der Waals surface area contributed by atoms with E-state index in [4.69, 9.17) is 0 Å². The van der Waals surface area contributed by atoms with Crippen molar-refractivity contribution in [3.63, 3.8) is 0 Å². The van der Waals surface area contributed by atoms with Crippen molar-refractivity contribution in [2.24, 2.45) is 0 Å². The highest BCUT2D eigenvalue weighted by atomic mass is 16.2. The molecule has 2 heteroatoms. The van der Waals surface area contributed by atoms with Crippen LogP contribution in [0.5, 0.6) is 0 Å². The van der Waals surface area contributed by atoms with Gasteiger partial charge >= 0.3 is 0 Å². The minimum absolute atomic E-state index is 0.0134. The first-order valence-electron chi connectivity index (χ1n) is 5.60. The van der Waals surface area contributed by atoms with Gasteiger partial charge in [-0.1, -0.05) is 30.8 Å². The Hall–Kier alpha value is -1.57. The average Bonchev–Trinajstić information content (AvgIpc) is 2.28. The van der Waals surface area contributed by atoms with Crippen molar-refractivity contribution in [1.82, 2.24) is 4.90 Å². The molecule has 0 fully saturated rings. The van der Waals surface area contributed by atoms with Crippen LogP contribution in [-0.4, -0.2) is 17.4 Å². The average molecular weight is 215 g/mol. The third-order valence-corrected chi connectivity index (χ3v) is 3.40. The van der Waals surface area contributed by atoms with E-state index >= 15 is 0 Å². The molecule has 0 aliphatic carbocycles. The molecule has 0 radical (unpaired) electrons. The molecule has 1 aliphatic rings. The number of carbonyl (C=O) groups is 1. The molecular formula is C14H17NO. The Balaban J connectivity index is 2.46. The standard InChI is InChI=1S/C14H17NO/c1-4-13(16)15-10-9-11-7-5-6-8-12(11)14(15,2)3/h4-8H,1,9-10H2,2-3H3. The molecule has 16 heavy (non-hydrogen) atoms. The van der Waals surface area contributed by atoms with Crippen molar-refractivity contribution in [2.45, 2.75) is 25.8 Å². The summed E-state index contributed by atoms with van der Waals surface area (Å²) in [5, 5.41) is 0. The van der Waals surface area contributed by atoms with Crippen LogP contribution in [0.4, 0.5) is 0 Å². The first kappa shape index (κ1) is 10.9. The Bertz CT molecular complexity index is 434. The van der Waals surface area contributed by atoms with Crippen LogP contribution in [0.1, 0.15) is 25.0 Å². The van der Waals surface area contributed by atoms with Crippen molar-refractivity contribution < 1.29 is 4.79 Å². The zero-order valence-corrected chi connectivity index (χ0v) is 9.86. The highest BCUT2D eigenvalue weighted by Gasteiger charge is 2.35. The molecule has 1 heterocycles. The molecular weight excluding hydrogens is 198 g/mol. The highest BCUT2D eigenvalue weighted by molar-refractivity contribution is 5.88. The fraction of sp³-hybridized carbons (Fsp3) is 0.357. The van der Waals surface area contributed by atoms with E-state index in [1.165, 1.54) is 17.2 Å². The second-order valence-electron chi connectivity index (χ2n) is 4.66. The molecule has 0 unspecified atom stereocenters. The van der Waals surface area contributed by atoms with Gasteiger partial charge in [-0.2, -0.15) is 0 Å². The summed E-state index contributed by atoms with van der Waals surface area (Å²) in [5.41, 5.74) is 2.36. The summed E-state index contributed by atoms with van der Waals surface area (Å²) in [7, 11) is 0. The number of fused-ring (bicyclic) bond motifs is 1. The third-order valence-electron chi connectivity index (χ3n) is 3.40. The fourth-order valence-corrected chi connectivity index (χ4v) is 2.49. The van der Waals surface area contributed by atoms with Crippen molar-refractivity contribution in [1.29, 1.82) is 0 Å². The van der Waals surface area contributed by atoms with Crippen LogP contribution in [-0.2, 0) is 16.8 Å². The number of hydrogen-bond acceptors (Lipinski definition) is 1. The van der Waals surface area contributed by atoms with Gasteiger partial charge in [-0.3, -0.25) is 4.79 Å². The summed E-state index contributed by atoms with van der Waals surface area (Å²) < 4.78 is 0. The van der Waals surface area contributed by atoms with Gasteiger partial charge in [0.1, 0.15) is 0 Å². The van der Waals surface area contributed by atoms with Gasteiger partial charge in [0, 0.05) is 6.54 Å². The normalized spacial score (nSPS) is 17.8. The first-order valence-corrected chi connectivity index (χ1v) is 5.60. The number of rotatable bonds is 1. The molecule has 0 saturated carbocycles. The topological polar surface area (TPSA) is 20.3 Å². The first-order chi connectivity index (χ1) is 7.57. The van der Waals surface area contributed by atoms with Crippen LogP contribution < -0.4 is 0 Å². The van der Waals surface area contributed by atoms with E-state index in [0.717, 1.165) is 13.0 Å². The molecule has 1 aromatic carbocycles. The minimum atomic E-state index is -0.236. The fourth-order valence-electron chi connectivity index (χ4n) is 2.49. The molecule has 2 rings (SSSR count). The molecule has 0 bridgehead atoms. The maximum atomic E-state index is 11.8. The molecule has 84 valence electrons. The lowest BCUT2D eigenvalue weighted by Crippen LogP contribution is -2.49. The van der Waals surface area contributed by atoms with Gasteiger partial charge in [0.05, 0.1) is 5.54 Å². The van der Waals surface area contributed by atoms with Crippen LogP contribution in [0.15, 0.2) is 36.9 Å². The van der Waals surface area contributed by atoms with Gasteiger partial charge in [-0.25, -0.2) is 0 Å². The lowest BCUT2D eigenvalue weighted by Gasteiger charge is -2.43. The van der Waals surface area contributed by atoms with Gasteiger partial charge in [0.25, 0.3) is 0 Å². The Labute approximate surface area is 96.6 Å². The number of carbonyl (C=O) groups excluding carboxylic acids is 1. The largest absolute Gasteiger partial charge is 0.330 e. The maximum absolute atomic E-state index is 11.8. The molecule has 1 aromatic rings. The lowest BCUT2D eigenvalue weighted by atomic mass is 9.83.